The molecule has 11 rings (SSSR count). The molecular weight excluding hydrogens is 1180 g/mol. The SMILES string of the molecule is C=CC[N+](CC=C)(CC=C)Cc1cc2c(OCc3ccccc3)c(c1)Cc1cc(C(O)(c3ccc(C(F)(F)F)cc3)c3ccc(C(F)(F)F)cc3)cc(c1OCc1ccccc1)Cc1cccc(c1OCc1ccccc1)Cc1cccc(c1OCc1ccccc1)C2. The Kier molecular flexibility index (Phi) is 20.0. The number of rotatable bonds is 23. The van der Waals surface area contributed by atoms with Crippen LogP contribution in [0.15, 0.2) is 268 Å². The highest BCUT2D eigenvalue weighted by atomic mass is 19.4. The van der Waals surface area contributed by atoms with Crippen LogP contribution >= 0.6 is 0 Å². The second kappa shape index (κ2) is 28.7. The van der Waals surface area contributed by atoms with Crippen molar-refractivity contribution in [2.24, 2.45) is 0 Å². The number of para-hydroxylation sites is 2. The minimum atomic E-state index is -4.74. The fourth-order valence-corrected chi connectivity index (χ4v) is 12.6. The van der Waals surface area contributed by atoms with E-state index in [9.17, 15) is 31.4 Å². The van der Waals surface area contributed by atoms with Gasteiger partial charge in [0, 0.05) is 31.2 Å². The van der Waals surface area contributed by atoms with Crippen molar-refractivity contribution in [1.82, 2.24) is 0 Å². The quantitative estimate of drug-likeness (QED) is 0.0299. The summed E-state index contributed by atoms with van der Waals surface area (Å²) >= 11 is 0. The third-order valence-corrected chi connectivity index (χ3v) is 17.1. The summed E-state index contributed by atoms with van der Waals surface area (Å²) in [5, 5.41) is 14.0. The molecule has 0 atom stereocenters. The van der Waals surface area contributed by atoms with E-state index in [1.165, 1.54) is 24.3 Å². The molecule has 12 heteroatoms. The standard InChI is InChI=1S/C81H72F6NO5/c1-4-41-88(42-5-2,43-6-3)52-61-44-66-47-64-31-19-29-62(75(64)90-53-57-21-11-7-12-22-57)46-63-30-20-32-65(76(63)91-54-58-23-13-8-14-24-58)48-68-50-74(79(89,70-33-37-72(38-34-70)80(82,83)84)71-35-39-73(40-36-71)81(85,86)87)51-69(78(68)93-56-60-27-17-10-18-28-60)49-67(45-61)77(66)92-55-59-25-15-9-16-26-59/h4-40,44-45,50-51,89H,1-3,41-43,46-49,52-56H2/q+1. The summed E-state index contributed by atoms with van der Waals surface area (Å²) in [7, 11) is 0. The number of benzene rings is 10. The normalized spacial score (nSPS) is 12.5. The van der Waals surface area contributed by atoms with Gasteiger partial charge in [-0.1, -0.05) is 202 Å². The molecule has 6 nitrogen and oxygen atoms in total. The van der Waals surface area contributed by atoms with Gasteiger partial charge in [0.25, 0.3) is 0 Å². The Morgan fingerprint density at radius 3 is 0.892 bits per heavy atom. The van der Waals surface area contributed by atoms with E-state index >= 15 is 0 Å². The van der Waals surface area contributed by atoms with Gasteiger partial charge >= 0.3 is 12.4 Å². The lowest BCUT2D eigenvalue weighted by Gasteiger charge is -2.36. The maximum absolute atomic E-state index is 14.5. The van der Waals surface area contributed by atoms with Crippen LogP contribution in [0.1, 0.15) is 100 Å². The molecule has 93 heavy (non-hydrogen) atoms. The Labute approximate surface area is 540 Å². The first kappa shape index (κ1) is 64.6. The lowest BCUT2D eigenvalue weighted by Crippen LogP contribution is -2.47. The van der Waals surface area contributed by atoms with Crippen molar-refractivity contribution >= 4 is 0 Å². The van der Waals surface area contributed by atoms with Crippen molar-refractivity contribution < 1.29 is 54.9 Å². The van der Waals surface area contributed by atoms with E-state index in [0.29, 0.717) is 77.6 Å². The minimum Gasteiger partial charge on any atom is -0.488 e. The first-order chi connectivity index (χ1) is 45.0. The summed E-state index contributed by atoms with van der Waals surface area (Å²) in [4.78, 5) is 0. The molecule has 0 saturated carbocycles. The van der Waals surface area contributed by atoms with Crippen molar-refractivity contribution in [3.8, 4) is 23.0 Å². The van der Waals surface area contributed by atoms with Crippen molar-refractivity contribution in [3.63, 3.8) is 0 Å². The summed E-state index contributed by atoms with van der Waals surface area (Å²) in [5.41, 5.74) is 6.40. The number of fused-ring (bicyclic) bond motifs is 8. The predicted molar refractivity (Wildman–Crippen MR) is 354 cm³/mol. The van der Waals surface area contributed by atoms with Crippen molar-refractivity contribution in [3.05, 3.63) is 369 Å². The number of aliphatic hydroxyl groups is 1. The molecule has 0 unspecified atom stereocenters. The fraction of sp³-hybridized carbons (Fsp3) is 0.185. The molecule has 8 bridgehead atoms. The molecule has 1 N–H and O–H groups in total. The number of halogens is 6. The Bertz CT molecular complexity index is 4110. The number of hydrogen-bond acceptors (Lipinski definition) is 5. The molecule has 10 aromatic rings. The zero-order valence-corrected chi connectivity index (χ0v) is 51.6. The summed E-state index contributed by atoms with van der Waals surface area (Å²) < 4.78 is 116. The van der Waals surface area contributed by atoms with E-state index in [4.69, 9.17) is 18.9 Å². The number of hydrogen-bond donors (Lipinski definition) is 1. The van der Waals surface area contributed by atoms with Gasteiger partial charge in [-0.25, -0.2) is 0 Å². The van der Waals surface area contributed by atoms with Gasteiger partial charge in [-0.3, -0.25) is 0 Å². The zero-order valence-electron chi connectivity index (χ0n) is 51.6. The van der Waals surface area contributed by atoms with Gasteiger partial charge in [0.1, 0.15) is 61.6 Å². The average Bonchev–Trinajstić information content (AvgIpc) is 0.757. The molecule has 0 amide bonds. The first-order valence-corrected chi connectivity index (χ1v) is 31.0. The van der Waals surface area contributed by atoms with Gasteiger partial charge in [-0.2, -0.15) is 26.3 Å². The Morgan fingerprint density at radius 2 is 0.591 bits per heavy atom. The highest BCUT2D eigenvalue weighted by molar-refractivity contribution is 5.60. The molecule has 0 fully saturated rings. The largest absolute Gasteiger partial charge is 0.488 e. The van der Waals surface area contributed by atoms with Crippen molar-refractivity contribution in [1.29, 1.82) is 0 Å². The molecule has 0 aromatic heterocycles. The van der Waals surface area contributed by atoms with Gasteiger partial charge in [-0.15, -0.1) is 0 Å². The number of nitrogens with zero attached hydrogens (tertiary/aromatic N) is 1. The minimum absolute atomic E-state index is 0.0236. The third-order valence-electron chi connectivity index (χ3n) is 17.1. The van der Waals surface area contributed by atoms with Crippen LogP contribution in [0.25, 0.3) is 0 Å². The highest BCUT2D eigenvalue weighted by Crippen LogP contribution is 2.46. The van der Waals surface area contributed by atoms with E-state index in [1.54, 1.807) is 12.1 Å². The fourth-order valence-electron chi connectivity index (χ4n) is 12.6. The molecule has 0 radical (unpaired) electrons. The van der Waals surface area contributed by atoms with Crippen molar-refractivity contribution in [2.75, 3.05) is 19.6 Å². The van der Waals surface area contributed by atoms with E-state index in [-0.39, 0.29) is 56.0 Å². The van der Waals surface area contributed by atoms with Crippen LogP contribution in [0.4, 0.5) is 26.3 Å². The zero-order chi connectivity index (χ0) is 65.0. The molecule has 0 aliphatic heterocycles. The number of alkyl halides is 6. The highest BCUT2D eigenvalue weighted by Gasteiger charge is 2.39. The summed E-state index contributed by atoms with van der Waals surface area (Å²) in [6.07, 6.45) is -2.91. The Morgan fingerprint density at radius 1 is 0.323 bits per heavy atom. The molecule has 0 saturated heterocycles. The van der Waals surface area contributed by atoms with Crippen LogP contribution in [-0.2, 0) is 76.6 Å². The van der Waals surface area contributed by atoms with Crippen LogP contribution in [0.2, 0.25) is 0 Å². The predicted octanol–water partition coefficient (Wildman–Crippen LogP) is 18.9. The summed E-state index contributed by atoms with van der Waals surface area (Å²) in [6.45, 7) is 15.6. The Hall–Kier alpha value is -9.88. The molecule has 1 aliphatic rings. The summed E-state index contributed by atoms with van der Waals surface area (Å²) in [5.74, 6) is 2.31. The monoisotopic (exact) mass is 1250 g/mol. The second-order valence-corrected chi connectivity index (χ2v) is 23.8. The van der Waals surface area contributed by atoms with Crippen molar-refractivity contribution in [2.45, 2.75) is 76.6 Å². The number of quaternary nitrogens is 1. The van der Waals surface area contributed by atoms with Crippen LogP contribution in [0, 0.1) is 0 Å². The Balaban J connectivity index is 1.23. The lowest BCUT2D eigenvalue weighted by molar-refractivity contribution is -0.924. The van der Waals surface area contributed by atoms with Gasteiger partial charge in [0.2, 0.25) is 0 Å². The molecule has 10 aromatic carbocycles. The maximum atomic E-state index is 14.5. The molecule has 1 aliphatic carbocycles. The van der Waals surface area contributed by atoms with Gasteiger partial charge in [-0.05, 0) is 150 Å². The van der Waals surface area contributed by atoms with E-state index < -0.39 is 29.1 Å². The molecule has 472 valence electrons. The number of ether oxygens (including phenoxy) is 4. The van der Waals surface area contributed by atoms with E-state index in [0.717, 1.165) is 85.5 Å². The van der Waals surface area contributed by atoms with Crippen LogP contribution < -0.4 is 18.9 Å². The average molecular weight is 1250 g/mol. The topological polar surface area (TPSA) is 57.2 Å². The van der Waals surface area contributed by atoms with Gasteiger partial charge in [0.15, 0.2) is 0 Å². The van der Waals surface area contributed by atoms with Gasteiger partial charge < -0.3 is 28.5 Å². The lowest BCUT2D eigenvalue weighted by atomic mass is 9.77. The van der Waals surface area contributed by atoms with Gasteiger partial charge in [0.05, 0.1) is 30.8 Å². The van der Waals surface area contributed by atoms with E-state index in [1.807, 2.05) is 158 Å². The van der Waals surface area contributed by atoms with Crippen LogP contribution in [0.3, 0.4) is 0 Å². The second-order valence-electron chi connectivity index (χ2n) is 23.8. The molecule has 0 spiro atoms. The maximum Gasteiger partial charge on any atom is 0.416 e. The third kappa shape index (κ3) is 15.4. The van der Waals surface area contributed by atoms with Crippen LogP contribution in [0.5, 0.6) is 23.0 Å². The smallest absolute Gasteiger partial charge is 0.416 e. The molecule has 0 heterocycles. The first-order valence-electron chi connectivity index (χ1n) is 31.0. The van der Waals surface area contributed by atoms with Crippen LogP contribution in [-0.4, -0.2) is 29.2 Å². The molecular formula is C81H72F6NO5+. The van der Waals surface area contributed by atoms with E-state index in [2.05, 4.69) is 50.1 Å². The summed E-state index contributed by atoms with van der Waals surface area (Å²) in [6, 6.07) is 67.6.